The molecule has 0 fully saturated rings. The van der Waals surface area contributed by atoms with Gasteiger partial charge < -0.3 is 19.6 Å². The number of terminal acetylenes is 2. The van der Waals surface area contributed by atoms with Crippen molar-refractivity contribution in [1.82, 2.24) is 0 Å². The Balaban J connectivity index is 0.000000167. The van der Waals surface area contributed by atoms with Crippen LogP contribution in [0.2, 0.25) is 0 Å². The van der Waals surface area contributed by atoms with Crippen LogP contribution in [0.25, 0.3) is 122 Å². The van der Waals surface area contributed by atoms with E-state index in [4.69, 9.17) is 12.8 Å². The Kier molecular flexibility index (Phi) is 24.9. The standard InChI is InChI=1S/C68H48N2.C62H44N2/c1-2-50-18-20-54(21-19-50)55-22-24-56(25-23-55)60-32-44-66(45-33-60)70(65-42-30-59(31-43-65)53-16-10-5-11-17-53)68-48-36-62(37-49-68)61-34-46-67(47-35-61)69(63-38-26-57(27-39-63)51-12-6-3-7-13-51)64-40-28-58(29-41-64)52-14-8-4-9-15-52;1-2-46-18-20-49(21-19-46)50-22-24-51(25-23-50)54-30-40-58(41-31-54)63(57-16-10-5-11-17-57)59-42-32-55(33-43-59)56-34-44-62(45-35-56)64(60-36-26-52(27-37-60)47-12-6-3-7-13-47)61-38-28-53(29-39-61)48-14-8-4-9-15-48/h1,3-49H;1,3-45H. The molecule has 4 nitrogen and oxygen atoms in total. The molecule has 0 aliphatic carbocycles. The summed E-state index contributed by atoms with van der Waals surface area (Å²) in [6, 6.07) is 195. The summed E-state index contributed by atoms with van der Waals surface area (Å²) in [6.07, 6.45) is 11.1. The lowest BCUT2D eigenvalue weighted by Crippen LogP contribution is -2.10. The number of para-hydroxylation sites is 1. The smallest absolute Gasteiger partial charge is 0.0462 e. The van der Waals surface area contributed by atoms with Crippen LogP contribution in [-0.2, 0) is 0 Å². The van der Waals surface area contributed by atoms with E-state index in [0.29, 0.717) is 0 Å². The van der Waals surface area contributed by atoms with E-state index in [-0.39, 0.29) is 0 Å². The first-order valence-electron chi connectivity index (χ1n) is 45.3. The van der Waals surface area contributed by atoms with E-state index in [0.717, 1.165) is 141 Å². The molecule has 134 heavy (non-hydrogen) atoms. The predicted octanol–water partition coefficient (Wildman–Crippen LogP) is 35.6. The molecule has 0 bridgehead atoms. The first-order chi connectivity index (χ1) is 66.3. The fourth-order valence-corrected chi connectivity index (χ4v) is 17.6. The zero-order valence-corrected chi connectivity index (χ0v) is 73.9. The molecule has 0 spiro atoms. The largest absolute Gasteiger partial charge is 0.311 e. The average Bonchev–Trinajstić information content (AvgIpc) is 0.794. The maximum absolute atomic E-state index is 5.59. The van der Waals surface area contributed by atoms with Crippen molar-refractivity contribution in [2.24, 2.45) is 0 Å². The summed E-state index contributed by atoms with van der Waals surface area (Å²) in [4.78, 5) is 9.30. The normalized spacial score (nSPS) is 10.8. The number of hydrogen-bond donors (Lipinski definition) is 0. The van der Waals surface area contributed by atoms with E-state index in [1.165, 1.54) is 61.2 Å². The quantitative estimate of drug-likeness (QED) is 0.0592. The van der Waals surface area contributed by atoms with E-state index in [9.17, 15) is 0 Å². The third kappa shape index (κ3) is 19.1. The summed E-state index contributed by atoms with van der Waals surface area (Å²) in [5.41, 5.74) is 40.6. The van der Waals surface area contributed by atoms with Crippen LogP contribution in [0, 0.1) is 24.7 Å². The monoisotopic (exact) mass is 1710 g/mol. The lowest BCUT2D eigenvalue weighted by molar-refractivity contribution is 1.28. The van der Waals surface area contributed by atoms with Gasteiger partial charge in [0.1, 0.15) is 0 Å². The van der Waals surface area contributed by atoms with E-state index in [1.54, 1.807) is 0 Å². The number of hydrogen-bond acceptors (Lipinski definition) is 4. The summed E-state index contributed by atoms with van der Waals surface area (Å²) in [6.45, 7) is 0. The van der Waals surface area contributed by atoms with Gasteiger partial charge in [0, 0.05) is 79.4 Å². The number of rotatable bonds is 23. The highest BCUT2D eigenvalue weighted by atomic mass is 15.2. The minimum atomic E-state index is 0.884. The first-order valence-corrected chi connectivity index (χ1v) is 45.3. The highest BCUT2D eigenvalue weighted by Crippen LogP contribution is 2.45. The van der Waals surface area contributed by atoms with Gasteiger partial charge in [-0.15, -0.1) is 12.8 Å². The van der Waals surface area contributed by atoms with Gasteiger partial charge in [0.15, 0.2) is 0 Å². The van der Waals surface area contributed by atoms with Crippen LogP contribution in [0.4, 0.5) is 68.2 Å². The van der Waals surface area contributed by atoms with Gasteiger partial charge in [-0.2, -0.15) is 0 Å². The lowest BCUT2D eigenvalue weighted by Gasteiger charge is -2.27. The Labute approximate surface area is 786 Å². The van der Waals surface area contributed by atoms with Crippen molar-refractivity contribution in [2.75, 3.05) is 19.6 Å². The molecule has 4 heteroatoms. The van der Waals surface area contributed by atoms with Gasteiger partial charge in [0.05, 0.1) is 0 Å². The summed E-state index contributed by atoms with van der Waals surface area (Å²) >= 11 is 0. The lowest BCUT2D eigenvalue weighted by atomic mass is 9.99. The Morgan fingerprint density at radius 3 is 0.306 bits per heavy atom. The van der Waals surface area contributed by atoms with Crippen molar-refractivity contribution in [3.63, 3.8) is 0 Å². The molecule has 0 saturated carbocycles. The average molecular weight is 1710 g/mol. The zero-order chi connectivity index (χ0) is 90.1. The topological polar surface area (TPSA) is 13.0 Å². The molecule has 0 N–H and O–H groups in total. The number of benzene rings is 21. The van der Waals surface area contributed by atoms with Crippen LogP contribution in [0.1, 0.15) is 11.1 Å². The molecule has 0 saturated heterocycles. The fourth-order valence-electron chi connectivity index (χ4n) is 17.6. The SMILES string of the molecule is C#Cc1ccc(-c2ccc(-c3ccc(N(c4ccc(-c5ccccc5)cc4)c4ccc(-c5ccc(N(c6ccc(-c7ccccc7)cc6)c6ccc(-c7ccccc7)cc6)cc5)cc4)cc3)cc2)cc1.C#Cc1ccc(-c2ccc(-c3ccc(N(c4ccccc4)c4ccc(-c5ccc(N(c6ccc(-c7ccccc7)cc6)c6ccc(-c7ccccc7)cc6)cc5)cc4)cc3)cc2)cc1. The van der Waals surface area contributed by atoms with Gasteiger partial charge in [-0.05, 0) is 292 Å². The van der Waals surface area contributed by atoms with Crippen molar-refractivity contribution in [3.8, 4) is 147 Å². The highest BCUT2D eigenvalue weighted by Gasteiger charge is 2.21. The molecule has 21 rings (SSSR count). The van der Waals surface area contributed by atoms with E-state index >= 15 is 0 Å². The molecular weight excluding hydrogens is 1620 g/mol. The van der Waals surface area contributed by atoms with Crippen LogP contribution in [0.3, 0.4) is 0 Å². The third-order valence-electron chi connectivity index (χ3n) is 24.8. The second-order valence-electron chi connectivity index (χ2n) is 33.1. The molecule has 0 aromatic heterocycles. The third-order valence-corrected chi connectivity index (χ3v) is 24.8. The predicted molar refractivity (Wildman–Crippen MR) is 567 cm³/mol. The van der Waals surface area contributed by atoms with E-state index < -0.39 is 0 Å². The highest BCUT2D eigenvalue weighted by molar-refractivity contribution is 5.88. The molecule has 21 aromatic rings. The van der Waals surface area contributed by atoms with Crippen molar-refractivity contribution in [2.45, 2.75) is 0 Å². The molecule has 632 valence electrons. The molecule has 0 unspecified atom stereocenters. The Morgan fingerprint density at radius 2 is 0.187 bits per heavy atom. The maximum atomic E-state index is 5.59. The molecule has 0 heterocycles. The maximum Gasteiger partial charge on any atom is 0.0462 e. The Bertz CT molecular complexity index is 7360. The van der Waals surface area contributed by atoms with Crippen LogP contribution in [0.5, 0.6) is 0 Å². The van der Waals surface area contributed by atoms with Crippen LogP contribution < -0.4 is 19.6 Å². The van der Waals surface area contributed by atoms with Crippen molar-refractivity contribution >= 4 is 68.2 Å². The first kappa shape index (κ1) is 84.1. The Morgan fingerprint density at radius 1 is 0.0970 bits per heavy atom. The molecule has 21 aromatic carbocycles. The van der Waals surface area contributed by atoms with Crippen LogP contribution in [-0.4, -0.2) is 0 Å². The van der Waals surface area contributed by atoms with E-state index in [2.05, 4.69) is 553 Å². The Hall–Kier alpha value is -18.1. The molecule has 0 aliphatic rings. The van der Waals surface area contributed by atoms with Gasteiger partial charge in [-0.3, -0.25) is 0 Å². The minimum absolute atomic E-state index is 0.884. The molecule has 0 aliphatic heterocycles. The van der Waals surface area contributed by atoms with Gasteiger partial charge in [0.25, 0.3) is 0 Å². The molecule has 0 radical (unpaired) electrons. The molecule has 0 atom stereocenters. The second-order valence-corrected chi connectivity index (χ2v) is 33.1. The molecule has 0 amide bonds. The molecular formula is C130H92N4. The van der Waals surface area contributed by atoms with Crippen molar-refractivity contribution in [3.05, 3.63) is 557 Å². The second kappa shape index (κ2) is 39.7. The zero-order valence-electron chi connectivity index (χ0n) is 73.9. The number of nitrogens with zero attached hydrogens (tertiary/aromatic N) is 4. The van der Waals surface area contributed by atoms with Crippen molar-refractivity contribution < 1.29 is 0 Å². The van der Waals surface area contributed by atoms with Gasteiger partial charge in [-0.25, -0.2) is 0 Å². The number of anilines is 12. The van der Waals surface area contributed by atoms with Crippen molar-refractivity contribution in [1.29, 1.82) is 0 Å². The van der Waals surface area contributed by atoms with Crippen LogP contribution in [0.15, 0.2) is 546 Å². The summed E-state index contributed by atoms with van der Waals surface area (Å²) in [5.74, 6) is 5.40. The fraction of sp³-hybridized carbons (Fsp3) is 0. The van der Waals surface area contributed by atoms with E-state index in [1.807, 2.05) is 24.3 Å². The minimum Gasteiger partial charge on any atom is -0.311 e. The van der Waals surface area contributed by atoms with Crippen LogP contribution >= 0.6 is 0 Å². The summed E-state index contributed by atoms with van der Waals surface area (Å²) in [5, 5.41) is 0. The van der Waals surface area contributed by atoms with Gasteiger partial charge in [-0.1, -0.05) is 388 Å². The summed E-state index contributed by atoms with van der Waals surface area (Å²) in [7, 11) is 0. The summed E-state index contributed by atoms with van der Waals surface area (Å²) < 4.78 is 0. The van der Waals surface area contributed by atoms with Gasteiger partial charge in [0.2, 0.25) is 0 Å². The van der Waals surface area contributed by atoms with Gasteiger partial charge >= 0.3 is 0 Å².